The fourth-order valence-corrected chi connectivity index (χ4v) is 2.64. The molecule has 138 valence electrons. The van der Waals surface area contributed by atoms with Crippen LogP contribution in [0.2, 0.25) is 0 Å². The molecule has 1 fully saturated rings. The van der Waals surface area contributed by atoms with Crippen molar-refractivity contribution >= 4 is 23.3 Å². The maximum Gasteiger partial charge on any atom is 0.319 e. The Balaban J connectivity index is 1.57. The second kappa shape index (κ2) is 10.1. The number of carbonyl (C=O) groups is 2. The number of benzene rings is 1. The van der Waals surface area contributed by atoms with E-state index >= 15 is 0 Å². The van der Waals surface area contributed by atoms with Gasteiger partial charge in [0.05, 0.1) is 0 Å². The molecule has 0 spiro atoms. The van der Waals surface area contributed by atoms with Gasteiger partial charge in [-0.05, 0) is 49.4 Å². The van der Waals surface area contributed by atoms with Crippen LogP contribution in [0.25, 0.3) is 0 Å². The van der Waals surface area contributed by atoms with Crippen LogP contribution >= 0.6 is 0 Å². The maximum absolute atomic E-state index is 11.9. The lowest BCUT2D eigenvalue weighted by Crippen LogP contribution is -2.29. The number of hydrogen-bond donors (Lipinski definition) is 3. The Morgan fingerprint density at radius 3 is 2.16 bits per heavy atom. The molecule has 0 atom stereocenters. The quantitative estimate of drug-likeness (QED) is 0.535. The summed E-state index contributed by atoms with van der Waals surface area (Å²) in [5, 5.41) is 8.58. The zero-order valence-corrected chi connectivity index (χ0v) is 15.4. The van der Waals surface area contributed by atoms with Crippen molar-refractivity contribution in [3.8, 4) is 0 Å². The minimum Gasteiger partial charge on any atom is -0.338 e. The van der Waals surface area contributed by atoms with Crippen LogP contribution in [0.4, 0.5) is 16.2 Å². The molecule has 1 aliphatic rings. The van der Waals surface area contributed by atoms with Crippen molar-refractivity contribution in [2.24, 2.45) is 11.8 Å². The van der Waals surface area contributed by atoms with E-state index in [9.17, 15) is 9.59 Å². The van der Waals surface area contributed by atoms with Gasteiger partial charge in [-0.15, -0.1) is 0 Å². The molecule has 0 aromatic heterocycles. The fourth-order valence-electron chi connectivity index (χ4n) is 2.64. The van der Waals surface area contributed by atoms with Gasteiger partial charge in [0.1, 0.15) is 0 Å². The van der Waals surface area contributed by atoms with Gasteiger partial charge in [0.2, 0.25) is 5.91 Å². The Kier molecular flexibility index (Phi) is 7.76. The molecular formula is C20H31N3O2. The van der Waals surface area contributed by atoms with Gasteiger partial charge in [-0.25, -0.2) is 4.79 Å². The van der Waals surface area contributed by atoms with Crippen LogP contribution in [0.1, 0.15) is 58.8 Å². The van der Waals surface area contributed by atoms with Crippen LogP contribution in [0.5, 0.6) is 0 Å². The second-order valence-corrected chi connectivity index (χ2v) is 7.32. The van der Waals surface area contributed by atoms with E-state index in [0.717, 1.165) is 43.0 Å². The van der Waals surface area contributed by atoms with Gasteiger partial charge in [0.25, 0.3) is 0 Å². The van der Waals surface area contributed by atoms with E-state index in [1.807, 2.05) is 12.1 Å². The predicted octanol–water partition coefficient (Wildman–Crippen LogP) is 4.76. The first-order valence-electron chi connectivity index (χ1n) is 9.50. The SMILES string of the molecule is CC(C)CCCCCCNC(=O)Nc1ccc(NC(=O)C2CC2)cc1. The number of anilines is 2. The van der Waals surface area contributed by atoms with E-state index < -0.39 is 0 Å². The van der Waals surface area contributed by atoms with E-state index in [1.165, 1.54) is 19.3 Å². The van der Waals surface area contributed by atoms with Gasteiger partial charge in [-0.1, -0.05) is 39.5 Å². The molecule has 1 aromatic carbocycles. The van der Waals surface area contributed by atoms with Gasteiger partial charge in [-0.3, -0.25) is 4.79 Å². The summed E-state index contributed by atoms with van der Waals surface area (Å²) in [5.41, 5.74) is 1.49. The largest absolute Gasteiger partial charge is 0.338 e. The van der Waals surface area contributed by atoms with E-state index in [0.29, 0.717) is 6.54 Å². The van der Waals surface area contributed by atoms with Crippen molar-refractivity contribution < 1.29 is 9.59 Å². The molecule has 1 aromatic rings. The van der Waals surface area contributed by atoms with E-state index in [1.54, 1.807) is 12.1 Å². The van der Waals surface area contributed by atoms with Crippen LogP contribution in [-0.2, 0) is 4.79 Å². The van der Waals surface area contributed by atoms with Crippen LogP contribution < -0.4 is 16.0 Å². The molecule has 0 bridgehead atoms. The molecule has 0 heterocycles. The number of nitrogens with one attached hydrogen (secondary N) is 3. The van der Waals surface area contributed by atoms with E-state index in [2.05, 4.69) is 29.8 Å². The van der Waals surface area contributed by atoms with Crippen LogP contribution in [0.15, 0.2) is 24.3 Å². The summed E-state index contributed by atoms with van der Waals surface area (Å²) in [4.78, 5) is 23.6. The number of unbranched alkanes of at least 4 members (excludes halogenated alkanes) is 3. The highest BCUT2D eigenvalue weighted by molar-refractivity contribution is 5.94. The van der Waals surface area contributed by atoms with Gasteiger partial charge < -0.3 is 16.0 Å². The molecule has 0 saturated heterocycles. The zero-order valence-electron chi connectivity index (χ0n) is 15.4. The molecule has 25 heavy (non-hydrogen) atoms. The molecule has 0 aliphatic heterocycles. The lowest BCUT2D eigenvalue weighted by atomic mass is 10.0. The topological polar surface area (TPSA) is 70.2 Å². The van der Waals surface area contributed by atoms with Gasteiger partial charge in [0.15, 0.2) is 0 Å². The monoisotopic (exact) mass is 345 g/mol. The minimum absolute atomic E-state index is 0.0897. The van der Waals surface area contributed by atoms with Crippen molar-refractivity contribution in [3.63, 3.8) is 0 Å². The highest BCUT2D eigenvalue weighted by Crippen LogP contribution is 2.30. The lowest BCUT2D eigenvalue weighted by Gasteiger charge is -2.09. The first kappa shape index (κ1) is 19.3. The minimum atomic E-state index is -0.183. The number of urea groups is 1. The summed E-state index contributed by atoms with van der Waals surface area (Å²) in [6, 6.07) is 7.04. The summed E-state index contributed by atoms with van der Waals surface area (Å²) < 4.78 is 0. The Morgan fingerprint density at radius 1 is 0.960 bits per heavy atom. The first-order chi connectivity index (χ1) is 12.0. The van der Waals surface area contributed by atoms with Gasteiger partial charge >= 0.3 is 6.03 Å². The van der Waals surface area contributed by atoms with E-state index in [-0.39, 0.29) is 17.9 Å². The molecule has 0 radical (unpaired) electrons. The average molecular weight is 345 g/mol. The maximum atomic E-state index is 11.9. The molecule has 1 aliphatic carbocycles. The molecule has 1 saturated carbocycles. The van der Waals surface area contributed by atoms with Crippen molar-refractivity contribution in [1.29, 1.82) is 0 Å². The van der Waals surface area contributed by atoms with Crippen molar-refractivity contribution in [2.45, 2.75) is 58.8 Å². The average Bonchev–Trinajstić information content (AvgIpc) is 3.40. The number of carbonyl (C=O) groups excluding carboxylic acids is 2. The molecule has 3 amide bonds. The molecular weight excluding hydrogens is 314 g/mol. The number of amides is 3. The summed E-state index contributed by atoms with van der Waals surface area (Å²) in [6.45, 7) is 5.20. The van der Waals surface area contributed by atoms with Crippen molar-refractivity contribution in [2.75, 3.05) is 17.2 Å². The zero-order chi connectivity index (χ0) is 18.1. The van der Waals surface area contributed by atoms with Crippen LogP contribution in [-0.4, -0.2) is 18.5 Å². The summed E-state index contributed by atoms with van der Waals surface area (Å²) in [6.07, 6.45) is 7.93. The predicted molar refractivity (Wildman–Crippen MR) is 103 cm³/mol. The van der Waals surface area contributed by atoms with Gasteiger partial charge in [-0.2, -0.15) is 0 Å². The van der Waals surface area contributed by atoms with Crippen molar-refractivity contribution in [1.82, 2.24) is 5.32 Å². The normalized spacial score (nSPS) is 13.6. The molecule has 0 unspecified atom stereocenters. The first-order valence-corrected chi connectivity index (χ1v) is 9.50. The van der Waals surface area contributed by atoms with Crippen LogP contribution in [0.3, 0.4) is 0 Å². The molecule has 5 nitrogen and oxygen atoms in total. The standard InChI is InChI=1S/C20H31N3O2/c1-15(2)7-5-3-4-6-14-21-20(25)23-18-12-10-17(11-13-18)22-19(24)16-8-9-16/h10-13,15-16H,3-9,14H2,1-2H3,(H,22,24)(H2,21,23,25). The highest BCUT2D eigenvalue weighted by atomic mass is 16.2. The highest BCUT2D eigenvalue weighted by Gasteiger charge is 2.29. The van der Waals surface area contributed by atoms with Gasteiger partial charge in [0, 0.05) is 23.8 Å². The molecule has 3 N–H and O–H groups in total. The Morgan fingerprint density at radius 2 is 1.56 bits per heavy atom. The Labute approximate surface area is 151 Å². The number of hydrogen-bond acceptors (Lipinski definition) is 2. The van der Waals surface area contributed by atoms with E-state index in [4.69, 9.17) is 0 Å². The summed E-state index contributed by atoms with van der Waals surface area (Å²) >= 11 is 0. The third kappa shape index (κ3) is 8.05. The van der Waals surface area contributed by atoms with Crippen molar-refractivity contribution in [3.05, 3.63) is 24.3 Å². The van der Waals surface area contributed by atoms with Crippen LogP contribution in [0, 0.1) is 11.8 Å². The fraction of sp³-hybridized carbons (Fsp3) is 0.600. The second-order valence-electron chi connectivity index (χ2n) is 7.32. The summed E-state index contributed by atoms with van der Waals surface area (Å²) in [7, 11) is 0. The lowest BCUT2D eigenvalue weighted by molar-refractivity contribution is -0.117. The Hall–Kier alpha value is -2.04. The molecule has 5 heteroatoms. The number of rotatable bonds is 10. The third-order valence-corrected chi connectivity index (χ3v) is 4.35. The molecule has 2 rings (SSSR count). The smallest absolute Gasteiger partial charge is 0.319 e. The Bertz CT molecular complexity index is 551. The third-order valence-electron chi connectivity index (χ3n) is 4.35. The summed E-state index contributed by atoms with van der Waals surface area (Å²) in [5.74, 6) is 1.05.